The summed E-state index contributed by atoms with van der Waals surface area (Å²) in [6, 6.07) is 9.51. The fourth-order valence-electron chi connectivity index (χ4n) is 3.89. The molecule has 1 aromatic heterocycles. The zero-order valence-electron chi connectivity index (χ0n) is 17.0. The number of fused-ring (bicyclic) bond motifs is 1. The Hall–Kier alpha value is -2.88. The van der Waals surface area contributed by atoms with E-state index in [0.29, 0.717) is 18.7 Å². The van der Waals surface area contributed by atoms with E-state index in [1.165, 1.54) is 18.5 Å². The van der Waals surface area contributed by atoms with Crippen LogP contribution in [-0.2, 0) is 0 Å². The molecule has 2 aromatic carbocycles. The lowest BCUT2D eigenvalue weighted by atomic mass is 9.90. The number of nitrogens with zero attached hydrogens (tertiary/aromatic N) is 3. The van der Waals surface area contributed by atoms with Gasteiger partial charge in [-0.05, 0) is 59.1 Å². The summed E-state index contributed by atoms with van der Waals surface area (Å²) in [6.45, 7) is 1.03. The van der Waals surface area contributed by atoms with Crippen LogP contribution in [0, 0.1) is 0 Å². The van der Waals surface area contributed by atoms with E-state index in [1.54, 1.807) is 12.0 Å². The molecule has 0 N–H and O–H groups in total. The molecule has 4 rings (SSSR count). The molecule has 10 heteroatoms. The number of alkyl halides is 3. The van der Waals surface area contributed by atoms with E-state index in [9.17, 15) is 18.0 Å². The molecule has 1 amide bonds. The Morgan fingerprint density at radius 2 is 1.88 bits per heavy atom. The molecule has 3 aromatic rings. The third-order valence-corrected chi connectivity index (χ3v) is 6.07. The lowest BCUT2D eigenvalue weighted by molar-refractivity contribution is -0.274. The Morgan fingerprint density at radius 1 is 1.12 bits per heavy atom. The SMILES string of the molecule is COc1ccc2c(C3CCN(C(=O)c4ccc(OC(F)(F)F)c(Br)c4)CC3)ncnc2c1. The van der Waals surface area contributed by atoms with Crippen molar-refractivity contribution in [3.05, 3.63) is 58.5 Å². The predicted octanol–water partition coefficient (Wildman–Crippen LogP) is 5.32. The molecule has 0 radical (unpaired) electrons. The highest BCUT2D eigenvalue weighted by molar-refractivity contribution is 9.10. The van der Waals surface area contributed by atoms with Crippen LogP contribution in [-0.4, -0.2) is 47.3 Å². The second-order valence-electron chi connectivity index (χ2n) is 7.40. The monoisotopic (exact) mass is 509 g/mol. The summed E-state index contributed by atoms with van der Waals surface area (Å²) in [6.07, 6.45) is -1.82. The highest BCUT2D eigenvalue weighted by atomic mass is 79.9. The van der Waals surface area contributed by atoms with Crippen molar-refractivity contribution in [3.8, 4) is 11.5 Å². The van der Waals surface area contributed by atoms with Gasteiger partial charge in [0.05, 0.1) is 22.8 Å². The van der Waals surface area contributed by atoms with Gasteiger partial charge >= 0.3 is 6.36 Å². The number of carbonyl (C=O) groups excluding carboxylic acids is 1. The lowest BCUT2D eigenvalue weighted by Crippen LogP contribution is -2.38. The number of piperidine rings is 1. The van der Waals surface area contributed by atoms with Crippen LogP contribution in [0.25, 0.3) is 10.9 Å². The fourth-order valence-corrected chi connectivity index (χ4v) is 4.35. The van der Waals surface area contributed by atoms with Crippen LogP contribution in [0.5, 0.6) is 11.5 Å². The number of carbonyl (C=O) groups is 1. The van der Waals surface area contributed by atoms with Crippen LogP contribution in [0.15, 0.2) is 47.2 Å². The number of hydrogen-bond acceptors (Lipinski definition) is 5. The third-order valence-electron chi connectivity index (χ3n) is 5.45. The molecular formula is C22H19BrF3N3O3. The quantitative estimate of drug-likeness (QED) is 0.476. The smallest absolute Gasteiger partial charge is 0.497 e. The zero-order valence-corrected chi connectivity index (χ0v) is 18.6. The van der Waals surface area contributed by atoms with E-state index in [1.807, 2.05) is 18.2 Å². The molecule has 0 spiro atoms. The molecule has 32 heavy (non-hydrogen) atoms. The first kappa shape index (κ1) is 22.3. The number of methoxy groups -OCH3 is 1. The summed E-state index contributed by atoms with van der Waals surface area (Å²) in [5, 5.41) is 0.960. The van der Waals surface area contributed by atoms with Crippen LogP contribution in [0.1, 0.15) is 34.8 Å². The molecule has 0 unspecified atom stereocenters. The summed E-state index contributed by atoms with van der Waals surface area (Å²) in [4.78, 5) is 23.4. The van der Waals surface area contributed by atoms with Crippen LogP contribution in [0.3, 0.4) is 0 Å². The van der Waals surface area contributed by atoms with Crippen molar-refractivity contribution < 1.29 is 27.4 Å². The summed E-state index contributed by atoms with van der Waals surface area (Å²) < 4.78 is 46.6. The van der Waals surface area contributed by atoms with Crippen molar-refractivity contribution in [2.24, 2.45) is 0 Å². The maximum atomic E-state index is 12.9. The molecule has 1 aliphatic heterocycles. The molecule has 1 saturated heterocycles. The standard InChI is InChI=1S/C22H19BrF3N3O3/c1-31-15-3-4-16-18(11-15)27-12-28-20(16)13-6-8-29(9-7-13)21(30)14-2-5-19(17(23)10-14)32-22(24,25)26/h2-5,10-13H,6-9H2,1H3. The van der Waals surface area contributed by atoms with Gasteiger partial charge in [0.15, 0.2) is 0 Å². The second kappa shape index (κ2) is 8.93. The molecule has 1 fully saturated rings. The van der Waals surface area contributed by atoms with E-state index in [2.05, 4.69) is 30.6 Å². The van der Waals surface area contributed by atoms with Gasteiger partial charge in [-0.2, -0.15) is 0 Å². The number of likely N-dealkylation sites (tertiary alicyclic amines) is 1. The minimum Gasteiger partial charge on any atom is -0.497 e. The van der Waals surface area contributed by atoms with Gasteiger partial charge in [0.25, 0.3) is 5.91 Å². The van der Waals surface area contributed by atoms with Crippen molar-refractivity contribution in [2.45, 2.75) is 25.1 Å². The van der Waals surface area contributed by atoms with Gasteiger partial charge in [-0.15, -0.1) is 13.2 Å². The molecule has 0 atom stereocenters. The first-order chi connectivity index (χ1) is 15.2. The average molecular weight is 510 g/mol. The number of halogens is 4. The van der Waals surface area contributed by atoms with Crippen molar-refractivity contribution >= 4 is 32.7 Å². The number of rotatable bonds is 4. The number of ether oxygens (including phenoxy) is 2. The van der Waals surface area contributed by atoms with Gasteiger partial charge in [-0.3, -0.25) is 4.79 Å². The molecule has 0 bridgehead atoms. The van der Waals surface area contributed by atoms with E-state index in [0.717, 1.165) is 41.3 Å². The highest BCUT2D eigenvalue weighted by Crippen LogP contribution is 2.34. The van der Waals surface area contributed by atoms with Crippen molar-refractivity contribution in [3.63, 3.8) is 0 Å². The summed E-state index contributed by atoms with van der Waals surface area (Å²) in [5.74, 6) is 0.271. The Morgan fingerprint density at radius 3 is 2.53 bits per heavy atom. The minimum atomic E-state index is -4.80. The molecule has 0 saturated carbocycles. The summed E-state index contributed by atoms with van der Waals surface area (Å²) in [5.41, 5.74) is 2.05. The molecular weight excluding hydrogens is 491 g/mol. The van der Waals surface area contributed by atoms with Gasteiger partial charge in [-0.1, -0.05) is 0 Å². The second-order valence-corrected chi connectivity index (χ2v) is 8.26. The van der Waals surface area contributed by atoms with E-state index < -0.39 is 6.36 Å². The van der Waals surface area contributed by atoms with Crippen LogP contribution in [0.4, 0.5) is 13.2 Å². The molecule has 1 aliphatic rings. The first-order valence-corrected chi connectivity index (χ1v) is 10.7. The Bertz CT molecular complexity index is 1150. The maximum absolute atomic E-state index is 12.9. The van der Waals surface area contributed by atoms with Crippen molar-refractivity contribution in [1.29, 1.82) is 0 Å². The maximum Gasteiger partial charge on any atom is 0.573 e. The third kappa shape index (κ3) is 4.79. The van der Waals surface area contributed by atoms with E-state index in [4.69, 9.17) is 4.74 Å². The lowest BCUT2D eigenvalue weighted by Gasteiger charge is -2.32. The molecule has 168 valence electrons. The van der Waals surface area contributed by atoms with Crippen LogP contribution in [0.2, 0.25) is 0 Å². The predicted molar refractivity (Wildman–Crippen MR) is 115 cm³/mol. The Labute approximate surface area is 190 Å². The molecule has 0 aliphatic carbocycles. The summed E-state index contributed by atoms with van der Waals surface area (Å²) >= 11 is 3.05. The summed E-state index contributed by atoms with van der Waals surface area (Å²) in [7, 11) is 1.60. The van der Waals surface area contributed by atoms with Gasteiger partial charge in [0.1, 0.15) is 17.8 Å². The van der Waals surface area contributed by atoms with Crippen LogP contribution >= 0.6 is 15.9 Å². The topological polar surface area (TPSA) is 64.5 Å². The van der Waals surface area contributed by atoms with Crippen molar-refractivity contribution in [2.75, 3.05) is 20.2 Å². The molecule has 6 nitrogen and oxygen atoms in total. The largest absolute Gasteiger partial charge is 0.573 e. The number of amides is 1. The van der Waals surface area contributed by atoms with Gasteiger partial charge < -0.3 is 14.4 Å². The first-order valence-electron chi connectivity index (χ1n) is 9.88. The van der Waals surface area contributed by atoms with E-state index >= 15 is 0 Å². The van der Waals surface area contributed by atoms with Crippen molar-refractivity contribution in [1.82, 2.24) is 14.9 Å². The Kier molecular flexibility index (Phi) is 6.23. The van der Waals surface area contributed by atoms with Gasteiger partial charge in [0.2, 0.25) is 0 Å². The normalized spacial score (nSPS) is 15.1. The fraction of sp³-hybridized carbons (Fsp3) is 0.318. The van der Waals surface area contributed by atoms with E-state index in [-0.39, 0.29) is 22.0 Å². The average Bonchev–Trinajstić information content (AvgIpc) is 2.78. The molecule has 2 heterocycles. The van der Waals surface area contributed by atoms with Gasteiger partial charge in [-0.25, -0.2) is 9.97 Å². The number of aromatic nitrogens is 2. The Balaban J connectivity index is 1.45. The van der Waals surface area contributed by atoms with Crippen LogP contribution < -0.4 is 9.47 Å². The van der Waals surface area contributed by atoms with Gasteiger partial charge in [0, 0.05) is 36.0 Å². The number of hydrogen-bond donors (Lipinski definition) is 0. The number of benzene rings is 2. The minimum absolute atomic E-state index is 0.0680. The zero-order chi connectivity index (χ0) is 22.9. The highest BCUT2D eigenvalue weighted by Gasteiger charge is 2.32.